The number of carbonyl (C=O) groups excluding carboxylic acids is 2. The third-order valence-electron chi connectivity index (χ3n) is 2.81. The second-order valence-electron chi connectivity index (χ2n) is 3.97. The van der Waals surface area contributed by atoms with Crippen molar-refractivity contribution in [3.05, 3.63) is 34.9 Å². The van der Waals surface area contributed by atoms with Crippen LogP contribution in [0.2, 0.25) is 0 Å². The number of rotatable bonds is 4. The average Bonchev–Trinajstić information content (AvgIpc) is 2.65. The number of hydrogen-bond donors (Lipinski definition) is 3. The lowest BCUT2D eigenvalue weighted by Gasteiger charge is -2.18. The minimum absolute atomic E-state index is 0.0213. The minimum atomic E-state index is -1.36. The van der Waals surface area contributed by atoms with Crippen LogP contribution in [0.15, 0.2) is 18.2 Å². The van der Waals surface area contributed by atoms with Gasteiger partial charge in [-0.3, -0.25) is 0 Å². The summed E-state index contributed by atoms with van der Waals surface area (Å²) in [5.41, 5.74) is 0.184. The number of cyclic esters (lactones) is 2. The second-order valence-corrected chi connectivity index (χ2v) is 3.97. The summed E-state index contributed by atoms with van der Waals surface area (Å²) < 4.78 is 4.44. The van der Waals surface area contributed by atoms with Crippen molar-refractivity contribution in [1.29, 1.82) is 0 Å². The molecule has 0 amide bonds. The molecule has 0 bridgehead atoms. The fraction of sp³-hybridized carbons (Fsp3) is 0.333. The largest absolute Gasteiger partial charge is 0.396 e. The van der Waals surface area contributed by atoms with E-state index in [9.17, 15) is 19.8 Å². The Morgan fingerprint density at radius 3 is 2.56 bits per heavy atom. The molecule has 1 heterocycles. The Kier molecular flexibility index (Phi) is 3.42. The number of ether oxygens (including phenoxy) is 1. The summed E-state index contributed by atoms with van der Waals surface area (Å²) in [5.74, 6) is -1.60. The van der Waals surface area contributed by atoms with Crippen molar-refractivity contribution in [1.82, 2.24) is 0 Å². The Labute approximate surface area is 102 Å². The molecule has 6 heteroatoms. The molecule has 1 aromatic carbocycles. The molecule has 1 aliphatic heterocycles. The quantitative estimate of drug-likeness (QED) is 0.505. The highest BCUT2D eigenvalue weighted by molar-refractivity contribution is 6.15. The van der Waals surface area contributed by atoms with Crippen molar-refractivity contribution >= 4 is 11.9 Å². The molecule has 0 saturated heterocycles. The van der Waals surface area contributed by atoms with Crippen molar-refractivity contribution < 1.29 is 29.6 Å². The lowest BCUT2D eigenvalue weighted by atomic mass is 9.95. The van der Waals surface area contributed by atoms with Gasteiger partial charge in [0.2, 0.25) is 0 Å². The highest BCUT2D eigenvalue weighted by Crippen LogP contribution is 2.29. The van der Waals surface area contributed by atoms with Gasteiger partial charge in [-0.1, -0.05) is 12.1 Å². The van der Waals surface area contributed by atoms with Crippen molar-refractivity contribution in [2.75, 3.05) is 6.61 Å². The predicted molar refractivity (Wildman–Crippen MR) is 58.9 cm³/mol. The molecular formula is C12H12O6. The number of benzene rings is 1. The zero-order chi connectivity index (χ0) is 13.3. The standard InChI is InChI=1S/C12H12O6/c13-5-4-8(14)10(15)6-2-1-3-7-9(6)12(17)18-11(7)16/h1-3,8,10,13-15H,4-5H2. The van der Waals surface area contributed by atoms with Crippen LogP contribution in [0.25, 0.3) is 0 Å². The summed E-state index contributed by atoms with van der Waals surface area (Å²) in [4.78, 5) is 22.8. The third-order valence-corrected chi connectivity index (χ3v) is 2.81. The molecule has 2 unspecified atom stereocenters. The Bertz CT molecular complexity index is 495. The van der Waals surface area contributed by atoms with E-state index in [2.05, 4.69) is 4.74 Å². The maximum absolute atomic E-state index is 11.5. The molecule has 3 N–H and O–H groups in total. The highest BCUT2D eigenvalue weighted by atomic mass is 16.6. The van der Waals surface area contributed by atoms with Crippen LogP contribution in [-0.4, -0.2) is 40.0 Å². The van der Waals surface area contributed by atoms with E-state index in [1.165, 1.54) is 18.2 Å². The maximum Gasteiger partial charge on any atom is 0.347 e. The molecule has 6 nitrogen and oxygen atoms in total. The number of aliphatic hydroxyl groups is 3. The predicted octanol–water partition coefficient (Wildman–Crippen LogP) is -0.226. The van der Waals surface area contributed by atoms with E-state index in [0.717, 1.165) is 0 Å². The molecule has 0 aromatic heterocycles. The van der Waals surface area contributed by atoms with Crippen LogP contribution >= 0.6 is 0 Å². The van der Waals surface area contributed by atoms with Crippen molar-refractivity contribution in [3.63, 3.8) is 0 Å². The van der Waals surface area contributed by atoms with Gasteiger partial charge in [-0.2, -0.15) is 0 Å². The molecule has 0 radical (unpaired) electrons. The number of aliphatic hydroxyl groups excluding tert-OH is 3. The van der Waals surface area contributed by atoms with E-state index in [1.54, 1.807) is 0 Å². The molecule has 2 rings (SSSR count). The Morgan fingerprint density at radius 2 is 1.89 bits per heavy atom. The first-order valence-corrected chi connectivity index (χ1v) is 5.42. The van der Waals surface area contributed by atoms with E-state index in [0.29, 0.717) is 0 Å². The van der Waals surface area contributed by atoms with Crippen LogP contribution in [0.1, 0.15) is 38.8 Å². The third kappa shape index (κ3) is 2.01. The molecule has 96 valence electrons. The molecule has 1 aromatic rings. The maximum atomic E-state index is 11.5. The van der Waals surface area contributed by atoms with Gasteiger partial charge in [0.05, 0.1) is 17.2 Å². The molecule has 0 spiro atoms. The van der Waals surface area contributed by atoms with Crippen LogP contribution in [0.4, 0.5) is 0 Å². The number of fused-ring (bicyclic) bond motifs is 1. The zero-order valence-electron chi connectivity index (χ0n) is 9.37. The van der Waals surface area contributed by atoms with E-state index < -0.39 is 24.1 Å². The normalized spacial score (nSPS) is 17.3. The second kappa shape index (κ2) is 4.85. The highest BCUT2D eigenvalue weighted by Gasteiger charge is 2.35. The van der Waals surface area contributed by atoms with Crippen molar-refractivity contribution in [2.45, 2.75) is 18.6 Å². The lowest BCUT2D eigenvalue weighted by Crippen LogP contribution is -2.21. The van der Waals surface area contributed by atoms with Crippen molar-refractivity contribution in [3.8, 4) is 0 Å². The molecule has 2 atom stereocenters. The van der Waals surface area contributed by atoms with E-state index in [1.807, 2.05) is 0 Å². The van der Waals surface area contributed by atoms with Crippen LogP contribution in [0.3, 0.4) is 0 Å². The summed E-state index contributed by atoms with van der Waals surface area (Å²) >= 11 is 0. The molecular weight excluding hydrogens is 240 g/mol. The fourth-order valence-electron chi connectivity index (χ4n) is 1.90. The summed E-state index contributed by atoms with van der Waals surface area (Å²) in [6, 6.07) is 4.34. The molecule has 0 fully saturated rings. The molecule has 0 saturated carbocycles. The SMILES string of the molecule is O=C1OC(=O)c2c1cccc2C(O)C(O)CCO. The summed E-state index contributed by atoms with van der Waals surface area (Å²) in [6.07, 6.45) is -2.61. The first-order valence-electron chi connectivity index (χ1n) is 5.42. The zero-order valence-corrected chi connectivity index (χ0v) is 9.37. The number of carbonyl (C=O) groups is 2. The van der Waals surface area contributed by atoms with Gasteiger partial charge in [-0.25, -0.2) is 9.59 Å². The molecule has 1 aliphatic rings. The topological polar surface area (TPSA) is 104 Å². The van der Waals surface area contributed by atoms with Crippen LogP contribution in [0.5, 0.6) is 0 Å². The van der Waals surface area contributed by atoms with Gasteiger partial charge in [-0.05, 0) is 18.1 Å². The van der Waals surface area contributed by atoms with E-state index >= 15 is 0 Å². The van der Waals surface area contributed by atoms with E-state index in [4.69, 9.17) is 5.11 Å². The average molecular weight is 252 g/mol. The Morgan fingerprint density at radius 1 is 1.17 bits per heavy atom. The van der Waals surface area contributed by atoms with Gasteiger partial charge in [0.1, 0.15) is 6.10 Å². The summed E-state index contributed by atoms with van der Waals surface area (Å²) in [7, 11) is 0. The van der Waals surface area contributed by atoms with Gasteiger partial charge >= 0.3 is 11.9 Å². The summed E-state index contributed by atoms with van der Waals surface area (Å²) in [5, 5.41) is 28.2. The van der Waals surface area contributed by atoms with Gasteiger partial charge in [-0.15, -0.1) is 0 Å². The van der Waals surface area contributed by atoms with Crippen LogP contribution in [-0.2, 0) is 4.74 Å². The van der Waals surface area contributed by atoms with Gasteiger partial charge in [0.25, 0.3) is 0 Å². The smallest absolute Gasteiger partial charge is 0.347 e. The van der Waals surface area contributed by atoms with E-state index in [-0.39, 0.29) is 29.7 Å². The first kappa shape index (κ1) is 12.7. The van der Waals surface area contributed by atoms with Gasteiger partial charge < -0.3 is 20.1 Å². The fourth-order valence-corrected chi connectivity index (χ4v) is 1.90. The summed E-state index contributed by atoms with van der Waals surface area (Å²) in [6.45, 7) is -0.295. The molecule has 18 heavy (non-hydrogen) atoms. The minimum Gasteiger partial charge on any atom is -0.396 e. The Hall–Kier alpha value is -1.76. The first-order chi connectivity index (χ1) is 8.56. The monoisotopic (exact) mass is 252 g/mol. The van der Waals surface area contributed by atoms with Crippen LogP contribution in [0, 0.1) is 0 Å². The number of hydrogen-bond acceptors (Lipinski definition) is 6. The van der Waals surface area contributed by atoms with Crippen LogP contribution < -0.4 is 0 Å². The van der Waals surface area contributed by atoms with Crippen molar-refractivity contribution in [2.24, 2.45) is 0 Å². The van der Waals surface area contributed by atoms with Gasteiger partial charge in [0.15, 0.2) is 0 Å². The number of esters is 2. The van der Waals surface area contributed by atoms with Gasteiger partial charge in [0, 0.05) is 6.61 Å². The molecule has 0 aliphatic carbocycles. The lowest BCUT2D eigenvalue weighted by molar-refractivity contribution is 0.00362. The Balaban J connectivity index is 2.41.